The normalized spacial score (nSPS) is 10.7. The van der Waals surface area contributed by atoms with E-state index in [2.05, 4.69) is 58.3 Å². The number of rotatable bonds is 14. The predicted octanol–water partition coefficient (Wildman–Crippen LogP) is 15.8. The quantitative estimate of drug-likeness (QED) is 0.109. The first-order chi connectivity index (χ1) is 29.7. The minimum Gasteiger partial charge on any atom is -0.457 e. The molecule has 0 saturated heterocycles. The summed E-state index contributed by atoms with van der Waals surface area (Å²) in [5.74, 6) is 5.06. The monoisotopic (exact) mass is 780 g/mol. The number of para-hydroxylation sites is 6. The zero-order valence-electron chi connectivity index (χ0n) is 32.6. The molecular formula is C54H40N2O4. The molecule has 0 N–H and O–H groups in total. The predicted molar refractivity (Wildman–Crippen MR) is 242 cm³/mol. The van der Waals surface area contributed by atoms with Crippen LogP contribution in [0.5, 0.6) is 46.0 Å². The molecule has 0 amide bonds. The third-order valence-electron chi connectivity index (χ3n) is 9.54. The van der Waals surface area contributed by atoms with Crippen LogP contribution in [-0.4, -0.2) is 0 Å². The molecule has 0 unspecified atom stereocenters. The topological polar surface area (TPSA) is 43.4 Å². The van der Waals surface area contributed by atoms with Crippen molar-refractivity contribution in [2.24, 2.45) is 0 Å². The second-order valence-corrected chi connectivity index (χ2v) is 13.8. The van der Waals surface area contributed by atoms with Gasteiger partial charge in [-0.1, -0.05) is 115 Å². The van der Waals surface area contributed by atoms with Crippen molar-refractivity contribution < 1.29 is 18.9 Å². The summed E-state index contributed by atoms with van der Waals surface area (Å²) in [6.07, 6.45) is 0. The van der Waals surface area contributed by atoms with Gasteiger partial charge in [-0.05, 0) is 84.9 Å². The molecule has 9 aromatic carbocycles. The number of ether oxygens (including phenoxy) is 4. The third kappa shape index (κ3) is 9.15. The van der Waals surface area contributed by atoms with E-state index in [0.717, 1.165) is 45.6 Å². The van der Waals surface area contributed by atoms with Crippen LogP contribution in [0.15, 0.2) is 243 Å². The van der Waals surface area contributed by atoms with Crippen LogP contribution in [0.2, 0.25) is 0 Å². The van der Waals surface area contributed by atoms with E-state index in [0.29, 0.717) is 34.5 Å². The van der Waals surface area contributed by atoms with E-state index in [1.807, 2.05) is 194 Å². The average Bonchev–Trinajstić information content (AvgIpc) is 3.29. The van der Waals surface area contributed by atoms with Crippen molar-refractivity contribution in [2.75, 3.05) is 9.80 Å². The SMILES string of the molecule is c1ccc(Oc2cc(Oc3cccc(Oc4cc(Oc5ccccc5)cc(N(c5ccccc5)c5ccccc5)c4)c3)cc(N(c3ccccc3)c3ccccc3)c2)cc1. The highest BCUT2D eigenvalue weighted by atomic mass is 16.5. The Bertz CT molecular complexity index is 2490. The van der Waals surface area contributed by atoms with E-state index in [4.69, 9.17) is 18.9 Å². The summed E-state index contributed by atoms with van der Waals surface area (Å²) < 4.78 is 26.2. The van der Waals surface area contributed by atoms with Crippen LogP contribution in [0, 0.1) is 0 Å². The van der Waals surface area contributed by atoms with E-state index < -0.39 is 0 Å². The first-order valence-corrected chi connectivity index (χ1v) is 19.7. The van der Waals surface area contributed by atoms with Crippen molar-refractivity contribution in [1.29, 1.82) is 0 Å². The van der Waals surface area contributed by atoms with Gasteiger partial charge in [-0.3, -0.25) is 0 Å². The molecule has 9 aromatic rings. The lowest BCUT2D eigenvalue weighted by atomic mass is 10.1. The number of hydrogen-bond acceptors (Lipinski definition) is 6. The lowest BCUT2D eigenvalue weighted by Crippen LogP contribution is -2.10. The molecule has 0 radical (unpaired) electrons. The Balaban J connectivity index is 1.07. The molecule has 0 atom stereocenters. The van der Waals surface area contributed by atoms with Gasteiger partial charge < -0.3 is 28.7 Å². The average molecular weight is 781 g/mol. The summed E-state index contributed by atoms with van der Waals surface area (Å²) in [5.41, 5.74) is 5.73. The van der Waals surface area contributed by atoms with E-state index in [-0.39, 0.29) is 0 Å². The van der Waals surface area contributed by atoms with Gasteiger partial charge in [-0.25, -0.2) is 0 Å². The van der Waals surface area contributed by atoms with Crippen molar-refractivity contribution in [3.05, 3.63) is 243 Å². The zero-order chi connectivity index (χ0) is 40.4. The fourth-order valence-corrected chi connectivity index (χ4v) is 6.93. The third-order valence-corrected chi connectivity index (χ3v) is 9.54. The van der Waals surface area contributed by atoms with Gasteiger partial charge in [0.25, 0.3) is 0 Å². The first kappa shape index (κ1) is 37.4. The minimum absolute atomic E-state index is 0.591. The lowest BCUT2D eigenvalue weighted by Gasteiger charge is -2.26. The van der Waals surface area contributed by atoms with Crippen molar-refractivity contribution in [1.82, 2.24) is 0 Å². The van der Waals surface area contributed by atoms with Gasteiger partial charge in [-0.15, -0.1) is 0 Å². The first-order valence-electron chi connectivity index (χ1n) is 19.7. The second-order valence-electron chi connectivity index (χ2n) is 13.8. The summed E-state index contributed by atoms with van der Waals surface area (Å²) >= 11 is 0. The molecule has 9 rings (SSSR count). The van der Waals surface area contributed by atoms with Gasteiger partial charge in [0.05, 0.1) is 11.4 Å². The van der Waals surface area contributed by atoms with E-state index in [1.165, 1.54) is 0 Å². The number of nitrogens with zero attached hydrogens (tertiary/aromatic N) is 2. The van der Waals surface area contributed by atoms with Crippen molar-refractivity contribution >= 4 is 34.1 Å². The molecule has 0 aliphatic heterocycles. The van der Waals surface area contributed by atoms with Crippen molar-refractivity contribution in [2.45, 2.75) is 0 Å². The van der Waals surface area contributed by atoms with Crippen molar-refractivity contribution in [3.63, 3.8) is 0 Å². The standard InChI is InChI=1S/C54H40N2O4/c1-7-20-41(21-8-1)55(42-22-9-2-10-23-42)45-34-51(57-47-28-15-5-16-29-47)39-53(36-45)59-49-32-19-33-50(38-49)60-54-37-46(35-52(40-54)58-48-30-17-6-18-31-48)56(43-24-11-3-12-25-43)44-26-13-4-14-27-44/h1-40H. The largest absolute Gasteiger partial charge is 0.457 e. The van der Waals surface area contributed by atoms with Crippen LogP contribution in [0.3, 0.4) is 0 Å². The second kappa shape index (κ2) is 17.9. The number of benzene rings is 9. The van der Waals surface area contributed by atoms with Crippen LogP contribution in [0.1, 0.15) is 0 Å². The molecule has 6 heteroatoms. The Morgan fingerprint density at radius 1 is 0.183 bits per heavy atom. The molecule has 60 heavy (non-hydrogen) atoms. The molecule has 0 saturated carbocycles. The van der Waals surface area contributed by atoms with Gasteiger partial charge >= 0.3 is 0 Å². The Morgan fingerprint density at radius 3 is 0.717 bits per heavy atom. The highest BCUT2D eigenvalue weighted by Gasteiger charge is 2.18. The summed E-state index contributed by atoms with van der Waals surface area (Å²) in [6, 6.07) is 80.0. The van der Waals surface area contributed by atoms with Crippen LogP contribution in [0.4, 0.5) is 34.1 Å². The highest BCUT2D eigenvalue weighted by Crippen LogP contribution is 2.43. The summed E-state index contributed by atoms with van der Waals surface area (Å²) in [7, 11) is 0. The van der Waals surface area contributed by atoms with E-state index in [9.17, 15) is 0 Å². The van der Waals surface area contributed by atoms with Crippen LogP contribution in [0.25, 0.3) is 0 Å². The number of anilines is 6. The van der Waals surface area contributed by atoms with Crippen LogP contribution < -0.4 is 28.7 Å². The molecular weight excluding hydrogens is 741 g/mol. The summed E-state index contributed by atoms with van der Waals surface area (Å²) in [4.78, 5) is 4.36. The van der Waals surface area contributed by atoms with Crippen LogP contribution in [-0.2, 0) is 0 Å². The molecule has 0 fully saturated rings. The number of hydrogen-bond donors (Lipinski definition) is 0. The molecule has 0 aromatic heterocycles. The molecule has 0 bridgehead atoms. The fourth-order valence-electron chi connectivity index (χ4n) is 6.93. The minimum atomic E-state index is 0.591. The Hall–Kier alpha value is -8.22. The Kier molecular flexibility index (Phi) is 11.2. The maximum Gasteiger partial charge on any atom is 0.133 e. The zero-order valence-corrected chi connectivity index (χ0v) is 32.6. The van der Waals surface area contributed by atoms with E-state index >= 15 is 0 Å². The highest BCUT2D eigenvalue weighted by molar-refractivity contribution is 5.79. The van der Waals surface area contributed by atoms with Crippen LogP contribution >= 0.6 is 0 Å². The molecule has 0 aliphatic rings. The smallest absolute Gasteiger partial charge is 0.133 e. The lowest BCUT2D eigenvalue weighted by molar-refractivity contribution is 0.448. The Morgan fingerprint density at radius 2 is 0.417 bits per heavy atom. The molecule has 6 nitrogen and oxygen atoms in total. The van der Waals surface area contributed by atoms with Gasteiger partial charge in [0.15, 0.2) is 0 Å². The molecule has 290 valence electrons. The Labute approximate surface area is 350 Å². The molecule has 0 spiro atoms. The summed E-state index contributed by atoms with van der Waals surface area (Å²) in [5, 5.41) is 0. The van der Waals surface area contributed by atoms with Gasteiger partial charge in [0, 0.05) is 65.2 Å². The van der Waals surface area contributed by atoms with Gasteiger partial charge in [0.2, 0.25) is 0 Å². The maximum absolute atomic E-state index is 6.66. The molecule has 0 heterocycles. The molecule has 0 aliphatic carbocycles. The van der Waals surface area contributed by atoms with Gasteiger partial charge in [0.1, 0.15) is 46.0 Å². The fraction of sp³-hybridized carbons (Fsp3) is 0. The van der Waals surface area contributed by atoms with E-state index in [1.54, 1.807) is 0 Å². The summed E-state index contributed by atoms with van der Waals surface area (Å²) in [6.45, 7) is 0. The van der Waals surface area contributed by atoms with Gasteiger partial charge in [-0.2, -0.15) is 0 Å². The van der Waals surface area contributed by atoms with Crippen molar-refractivity contribution in [3.8, 4) is 46.0 Å². The maximum atomic E-state index is 6.66.